The first-order chi connectivity index (χ1) is 11.1. The number of ether oxygens (including phenoxy) is 4. The molecule has 4 nitrogen and oxygen atoms in total. The summed E-state index contributed by atoms with van der Waals surface area (Å²) in [5.74, 6) is 0.447. The molecule has 1 aliphatic rings. The van der Waals surface area contributed by atoms with Gasteiger partial charge in [0.05, 0.1) is 13.2 Å². The third-order valence-corrected chi connectivity index (χ3v) is 4.91. The number of hydrogen-bond acceptors (Lipinski definition) is 4. The summed E-state index contributed by atoms with van der Waals surface area (Å²) in [4.78, 5) is 0. The first-order valence-corrected chi connectivity index (χ1v) is 9.43. The summed E-state index contributed by atoms with van der Waals surface area (Å²) in [6.07, 6.45) is 11.6. The molecular formula is C19H38O4. The molecule has 138 valence electrons. The molecule has 0 radical (unpaired) electrons. The fourth-order valence-electron chi connectivity index (χ4n) is 3.04. The molecule has 0 aromatic rings. The normalized spacial score (nSPS) is 19.0. The third kappa shape index (κ3) is 10.3. The summed E-state index contributed by atoms with van der Waals surface area (Å²) in [6.45, 7) is 6.87. The highest BCUT2D eigenvalue weighted by Crippen LogP contribution is 2.23. The molecule has 0 aromatic heterocycles. The van der Waals surface area contributed by atoms with E-state index in [0.717, 1.165) is 32.2 Å². The topological polar surface area (TPSA) is 40.2 Å². The second-order valence-corrected chi connectivity index (χ2v) is 6.97. The first kappa shape index (κ1) is 20.9. The maximum atomic E-state index is 5.64. The Morgan fingerprint density at radius 3 is 2.35 bits per heavy atom. The Kier molecular flexibility index (Phi) is 11.1. The molecule has 0 bridgehead atoms. The van der Waals surface area contributed by atoms with Crippen molar-refractivity contribution in [1.29, 1.82) is 0 Å². The second kappa shape index (κ2) is 12.2. The molecule has 1 heterocycles. The summed E-state index contributed by atoms with van der Waals surface area (Å²) >= 11 is 0. The van der Waals surface area contributed by atoms with Crippen molar-refractivity contribution in [3.8, 4) is 0 Å². The van der Waals surface area contributed by atoms with Gasteiger partial charge in [-0.25, -0.2) is 0 Å². The zero-order valence-corrected chi connectivity index (χ0v) is 15.8. The lowest BCUT2D eigenvalue weighted by molar-refractivity contribution is -0.197. The number of hydrogen-bond donors (Lipinski definition) is 0. The van der Waals surface area contributed by atoms with E-state index in [4.69, 9.17) is 18.9 Å². The molecule has 23 heavy (non-hydrogen) atoms. The van der Waals surface area contributed by atoms with E-state index in [1.165, 1.54) is 51.4 Å². The molecule has 0 amide bonds. The maximum absolute atomic E-state index is 5.64. The van der Waals surface area contributed by atoms with Crippen LogP contribution in [0.25, 0.3) is 0 Å². The van der Waals surface area contributed by atoms with Crippen molar-refractivity contribution >= 4 is 0 Å². The van der Waals surface area contributed by atoms with E-state index in [0.29, 0.717) is 6.10 Å². The van der Waals surface area contributed by atoms with Gasteiger partial charge in [-0.2, -0.15) is 0 Å². The Morgan fingerprint density at radius 2 is 1.74 bits per heavy atom. The van der Waals surface area contributed by atoms with Gasteiger partial charge in [0.25, 0.3) is 0 Å². The van der Waals surface area contributed by atoms with Crippen molar-refractivity contribution in [3.63, 3.8) is 0 Å². The molecule has 1 fully saturated rings. The molecule has 0 saturated carbocycles. The predicted molar refractivity (Wildman–Crippen MR) is 93.7 cm³/mol. The first-order valence-electron chi connectivity index (χ1n) is 9.43. The smallest absolute Gasteiger partial charge is 0.164 e. The molecule has 0 aromatic carbocycles. The molecule has 2 unspecified atom stereocenters. The van der Waals surface area contributed by atoms with Crippen LogP contribution in [0.15, 0.2) is 0 Å². The van der Waals surface area contributed by atoms with Crippen LogP contribution in [0.3, 0.4) is 0 Å². The van der Waals surface area contributed by atoms with Crippen molar-refractivity contribution in [1.82, 2.24) is 0 Å². The minimum Gasteiger partial charge on any atom is -0.379 e. The molecule has 1 aliphatic heterocycles. The monoisotopic (exact) mass is 330 g/mol. The van der Waals surface area contributed by atoms with E-state index >= 15 is 0 Å². The van der Waals surface area contributed by atoms with Crippen LogP contribution in [-0.2, 0) is 18.9 Å². The Balaban J connectivity index is 2.02. The van der Waals surface area contributed by atoms with Gasteiger partial charge >= 0.3 is 0 Å². The lowest BCUT2D eigenvalue weighted by Crippen LogP contribution is -2.29. The number of epoxide rings is 1. The van der Waals surface area contributed by atoms with Gasteiger partial charge in [-0.3, -0.25) is 0 Å². The average Bonchev–Trinajstić information content (AvgIpc) is 3.38. The molecule has 0 N–H and O–H groups in total. The zero-order valence-electron chi connectivity index (χ0n) is 15.8. The predicted octanol–water partition coefficient (Wildman–Crippen LogP) is 4.56. The Morgan fingerprint density at radius 1 is 1.04 bits per heavy atom. The van der Waals surface area contributed by atoms with Gasteiger partial charge in [0.1, 0.15) is 6.10 Å². The molecule has 0 aliphatic carbocycles. The van der Waals surface area contributed by atoms with Crippen LogP contribution >= 0.6 is 0 Å². The highest BCUT2D eigenvalue weighted by Gasteiger charge is 2.22. The molecular weight excluding hydrogens is 292 g/mol. The molecule has 1 saturated heterocycles. The van der Waals surface area contributed by atoms with Crippen LogP contribution in [0.4, 0.5) is 0 Å². The van der Waals surface area contributed by atoms with Crippen LogP contribution in [0, 0.1) is 5.92 Å². The van der Waals surface area contributed by atoms with Crippen molar-refractivity contribution in [2.24, 2.45) is 5.92 Å². The van der Waals surface area contributed by atoms with Crippen LogP contribution < -0.4 is 0 Å². The second-order valence-electron chi connectivity index (χ2n) is 6.97. The van der Waals surface area contributed by atoms with E-state index < -0.39 is 5.79 Å². The molecule has 2 atom stereocenters. The number of rotatable bonds is 16. The van der Waals surface area contributed by atoms with Gasteiger partial charge in [-0.05, 0) is 32.1 Å². The van der Waals surface area contributed by atoms with Crippen molar-refractivity contribution < 1.29 is 18.9 Å². The van der Waals surface area contributed by atoms with Gasteiger partial charge in [0.15, 0.2) is 5.79 Å². The maximum Gasteiger partial charge on any atom is 0.164 e. The summed E-state index contributed by atoms with van der Waals surface area (Å²) in [5, 5.41) is 0. The summed E-state index contributed by atoms with van der Waals surface area (Å²) < 4.78 is 21.6. The zero-order chi connectivity index (χ0) is 17.0. The Labute approximate surface area is 143 Å². The van der Waals surface area contributed by atoms with Crippen molar-refractivity contribution in [2.45, 2.75) is 83.5 Å². The molecule has 1 rings (SSSR count). The quantitative estimate of drug-likeness (QED) is 0.236. The van der Waals surface area contributed by atoms with Gasteiger partial charge in [-0.1, -0.05) is 39.0 Å². The Bertz CT molecular complexity index is 275. The fraction of sp³-hybridized carbons (Fsp3) is 1.00. The minimum absolute atomic E-state index is 0.395. The van der Waals surface area contributed by atoms with E-state index in [1.807, 2.05) is 6.92 Å². The van der Waals surface area contributed by atoms with Gasteiger partial charge < -0.3 is 18.9 Å². The van der Waals surface area contributed by atoms with Gasteiger partial charge in [-0.15, -0.1) is 0 Å². The summed E-state index contributed by atoms with van der Waals surface area (Å²) in [6, 6.07) is 0. The number of unbranched alkanes of at least 4 members (excludes halogenated alkanes) is 2. The van der Waals surface area contributed by atoms with Crippen LogP contribution in [-0.4, -0.2) is 45.9 Å². The molecule has 4 heteroatoms. The third-order valence-electron chi connectivity index (χ3n) is 4.91. The fourth-order valence-corrected chi connectivity index (χ4v) is 3.04. The highest BCUT2D eigenvalue weighted by molar-refractivity contribution is 4.67. The van der Waals surface area contributed by atoms with Crippen LogP contribution in [0.1, 0.15) is 71.6 Å². The average molecular weight is 331 g/mol. The minimum atomic E-state index is -0.411. The summed E-state index contributed by atoms with van der Waals surface area (Å²) in [5.41, 5.74) is 0. The highest BCUT2D eigenvalue weighted by atomic mass is 16.7. The SMILES string of the molecule is CCCC(CCCCCC(C)(OC)OC)CCCOCC1CO1. The van der Waals surface area contributed by atoms with Gasteiger partial charge in [0, 0.05) is 27.2 Å². The molecule has 0 spiro atoms. The van der Waals surface area contributed by atoms with Gasteiger partial charge in [0.2, 0.25) is 0 Å². The van der Waals surface area contributed by atoms with Crippen LogP contribution in [0.2, 0.25) is 0 Å². The number of methoxy groups -OCH3 is 2. The largest absolute Gasteiger partial charge is 0.379 e. The van der Waals surface area contributed by atoms with Crippen molar-refractivity contribution in [3.05, 3.63) is 0 Å². The van der Waals surface area contributed by atoms with E-state index in [2.05, 4.69) is 6.92 Å². The van der Waals surface area contributed by atoms with E-state index in [1.54, 1.807) is 14.2 Å². The lowest BCUT2D eigenvalue weighted by atomic mass is 9.92. The van der Waals surface area contributed by atoms with E-state index in [-0.39, 0.29) is 0 Å². The lowest BCUT2D eigenvalue weighted by Gasteiger charge is -2.26. The van der Waals surface area contributed by atoms with Crippen LogP contribution in [0.5, 0.6) is 0 Å². The van der Waals surface area contributed by atoms with E-state index in [9.17, 15) is 0 Å². The van der Waals surface area contributed by atoms with Crippen molar-refractivity contribution in [2.75, 3.05) is 34.0 Å². The Hall–Kier alpha value is -0.160. The summed E-state index contributed by atoms with van der Waals surface area (Å²) in [7, 11) is 3.44. The standard InChI is InChI=1S/C19H38O4/c1-5-10-17(12-9-14-22-15-18-16-23-18)11-7-6-8-13-19(2,20-3)21-4/h17-18H,5-16H2,1-4H3.